The normalized spacial score (nSPS) is 26.0. The molecule has 1 aromatic heterocycles. The number of aromatic nitrogens is 2. The fourth-order valence-electron chi connectivity index (χ4n) is 6.13. The number of hydrogen-bond donors (Lipinski definition) is 1. The van der Waals surface area contributed by atoms with Gasteiger partial charge >= 0.3 is 0 Å². The Balaban J connectivity index is 1.48. The van der Waals surface area contributed by atoms with E-state index in [-0.39, 0.29) is 11.9 Å². The third-order valence-corrected chi connectivity index (χ3v) is 7.86. The number of anilines is 1. The third kappa shape index (κ3) is 5.12. The Morgan fingerprint density at radius 1 is 1.21 bits per heavy atom. The second-order valence-corrected chi connectivity index (χ2v) is 10.3. The van der Waals surface area contributed by atoms with Crippen molar-refractivity contribution in [2.75, 3.05) is 18.4 Å². The highest BCUT2D eigenvalue weighted by molar-refractivity contribution is 6.31. The Hall–Kier alpha value is -1.92. The number of carbonyl (C=O) groups is 1. The van der Waals surface area contributed by atoms with Gasteiger partial charge in [-0.2, -0.15) is 0 Å². The maximum atomic E-state index is 13.5. The van der Waals surface area contributed by atoms with Crippen molar-refractivity contribution < 1.29 is 4.79 Å². The van der Waals surface area contributed by atoms with E-state index in [2.05, 4.69) is 52.8 Å². The predicted octanol–water partition coefficient (Wildman–Crippen LogP) is 5.36. The van der Waals surface area contributed by atoms with E-state index >= 15 is 0 Å². The SMILES string of the molecule is CCC[C@@H]1C[C@@H](N(CC)C(C)C)CC[C@@H]1N1CCC(Nc2ncnc3ccc(Cl)cc23)C1=O. The second-order valence-electron chi connectivity index (χ2n) is 9.91. The molecule has 33 heavy (non-hydrogen) atoms. The number of amides is 1. The van der Waals surface area contributed by atoms with Gasteiger partial charge in [-0.1, -0.05) is 31.9 Å². The Kier molecular flexibility index (Phi) is 7.75. The Bertz CT molecular complexity index is 967. The highest BCUT2D eigenvalue weighted by Crippen LogP contribution is 2.37. The first-order chi connectivity index (χ1) is 15.9. The van der Waals surface area contributed by atoms with Gasteiger partial charge in [-0.15, -0.1) is 0 Å². The van der Waals surface area contributed by atoms with Crippen molar-refractivity contribution in [3.05, 3.63) is 29.5 Å². The zero-order valence-corrected chi connectivity index (χ0v) is 21.2. The van der Waals surface area contributed by atoms with Gasteiger partial charge in [0.15, 0.2) is 0 Å². The lowest BCUT2D eigenvalue weighted by Crippen LogP contribution is -2.51. The maximum Gasteiger partial charge on any atom is 0.245 e. The molecule has 6 nitrogen and oxygen atoms in total. The highest BCUT2D eigenvalue weighted by Gasteiger charge is 2.42. The van der Waals surface area contributed by atoms with Crippen LogP contribution in [0.4, 0.5) is 5.82 Å². The van der Waals surface area contributed by atoms with E-state index in [4.69, 9.17) is 11.6 Å². The summed E-state index contributed by atoms with van der Waals surface area (Å²) in [7, 11) is 0. The zero-order valence-electron chi connectivity index (χ0n) is 20.4. The lowest BCUT2D eigenvalue weighted by Gasteiger charge is -2.45. The average molecular weight is 472 g/mol. The van der Waals surface area contributed by atoms with E-state index in [1.54, 1.807) is 6.33 Å². The van der Waals surface area contributed by atoms with Crippen LogP contribution in [0.3, 0.4) is 0 Å². The molecule has 1 aliphatic heterocycles. The monoisotopic (exact) mass is 471 g/mol. The van der Waals surface area contributed by atoms with Crippen LogP contribution in [0.2, 0.25) is 5.02 Å². The molecule has 2 fully saturated rings. The van der Waals surface area contributed by atoms with Crippen LogP contribution in [-0.4, -0.2) is 62.9 Å². The van der Waals surface area contributed by atoms with Gasteiger partial charge in [-0.25, -0.2) is 9.97 Å². The number of likely N-dealkylation sites (tertiary alicyclic amines) is 1. The summed E-state index contributed by atoms with van der Waals surface area (Å²) in [6.45, 7) is 11.0. The molecule has 1 aliphatic carbocycles. The van der Waals surface area contributed by atoms with E-state index < -0.39 is 0 Å². The smallest absolute Gasteiger partial charge is 0.245 e. The van der Waals surface area contributed by atoms with Gasteiger partial charge in [0.2, 0.25) is 5.91 Å². The first-order valence-corrected chi connectivity index (χ1v) is 13.0. The molecule has 4 atom stereocenters. The average Bonchev–Trinajstić information content (AvgIpc) is 3.15. The summed E-state index contributed by atoms with van der Waals surface area (Å²) in [5.74, 6) is 1.47. The summed E-state index contributed by atoms with van der Waals surface area (Å²) in [5.41, 5.74) is 0.825. The fraction of sp³-hybridized carbons (Fsp3) is 0.654. The van der Waals surface area contributed by atoms with Crippen molar-refractivity contribution in [2.24, 2.45) is 5.92 Å². The largest absolute Gasteiger partial charge is 0.358 e. The first kappa shape index (κ1) is 24.2. The third-order valence-electron chi connectivity index (χ3n) is 7.62. The highest BCUT2D eigenvalue weighted by atomic mass is 35.5. The van der Waals surface area contributed by atoms with Gasteiger partial charge in [-0.05, 0) is 76.6 Å². The molecule has 2 heterocycles. The number of benzene rings is 1. The number of halogens is 1. The molecule has 1 aromatic carbocycles. The number of nitrogens with one attached hydrogen (secondary N) is 1. The van der Waals surface area contributed by atoms with Crippen LogP contribution in [0.25, 0.3) is 10.9 Å². The molecule has 180 valence electrons. The minimum Gasteiger partial charge on any atom is -0.358 e. The Labute approximate surface area is 203 Å². The minimum atomic E-state index is -0.245. The standard InChI is InChI=1S/C26H38ClN5O/c1-5-7-18-14-20(31(6-2)17(3)4)9-11-24(18)32-13-12-23(26(32)33)30-25-21-15-19(27)8-10-22(21)28-16-29-25/h8,10,15-18,20,23-24H,5-7,9,11-14H2,1-4H3,(H,28,29,30)/t18-,20+,23?,24+/m1/s1. The van der Waals surface area contributed by atoms with E-state index in [1.807, 2.05) is 18.2 Å². The van der Waals surface area contributed by atoms with E-state index in [0.29, 0.717) is 34.9 Å². The quantitative estimate of drug-likeness (QED) is 0.561. The van der Waals surface area contributed by atoms with Crippen molar-refractivity contribution in [3.63, 3.8) is 0 Å². The summed E-state index contributed by atoms with van der Waals surface area (Å²) in [4.78, 5) is 27.1. The number of hydrogen-bond acceptors (Lipinski definition) is 5. The Morgan fingerprint density at radius 3 is 2.76 bits per heavy atom. The molecule has 1 saturated carbocycles. The van der Waals surface area contributed by atoms with Crippen LogP contribution in [-0.2, 0) is 4.79 Å². The van der Waals surface area contributed by atoms with Gasteiger partial charge in [0.05, 0.1) is 5.52 Å². The summed E-state index contributed by atoms with van der Waals surface area (Å²) >= 11 is 6.21. The summed E-state index contributed by atoms with van der Waals surface area (Å²) in [6.07, 6.45) is 8.17. The topological polar surface area (TPSA) is 61.4 Å². The minimum absolute atomic E-state index is 0.213. The molecule has 0 radical (unpaired) electrons. The van der Waals surface area contributed by atoms with Crippen LogP contribution in [0.1, 0.15) is 66.2 Å². The summed E-state index contributed by atoms with van der Waals surface area (Å²) < 4.78 is 0. The molecule has 1 amide bonds. The molecule has 4 rings (SSSR count). The molecule has 7 heteroatoms. The first-order valence-electron chi connectivity index (χ1n) is 12.7. The molecule has 2 aliphatic rings. The number of fused-ring (bicyclic) bond motifs is 1. The summed E-state index contributed by atoms with van der Waals surface area (Å²) in [6, 6.07) is 6.88. The van der Waals surface area contributed by atoms with Crippen LogP contribution >= 0.6 is 11.6 Å². The van der Waals surface area contributed by atoms with Gasteiger partial charge in [0, 0.05) is 35.1 Å². The molecule has 1 N–H and O–H groups in total. The van der Waals surface area contributed by atoms with E-state index in [0.717, 1.165) is 36.8 Å². The molecule has 0 spiro atoms. The molecule has 1 saturated heterocycles. The fourth-order valence-corrected chi connectivity index (χ4v) is 6.31. The number of rotatable bonds is 8. The van der Waals surface area contributed by atoms with Crippen LogP contribution in [0.15, 0.2) is 24.5 Å². The predicted molar refractivity (Wildman–Crippen MR) is 136 cm³/mol. The van der Waals surface area contributed by atoms with E-state index in [9.17, 15) is 4.79 Å². The molecule has 1 unspecified atom stereocenters. The van der Waals surface area contributed by atoms with Gasteiger partial charge < -0.3 is 10.2 Å². The van der Waals surface area contributed by atoms with Gasteiger partial charge in [0.25, 0.3) is 0 Å². The van der Waals surface area contributed by atoms with Crippen molar-refractivity contribution in [1.82, 2.24) is 19.8 Å². The second kappa shape index (κ2) is 10.6. The lowest BCUT2D eigenvalue weighted by molar-refractivity contribution is -0.132. The number of carbonyl (C=O) groups excluding carboxylic acids is 1. The molecular formula is C26H38ClN5O. The molecular weight excluding hydrogens is 434 g/mol. The van der Waals surface area contributed by atoms with Crippen molar-refractivity contribution in [1.29, 1.82) is 0 Å². The molecule has 0 bridgehead atoms. The van der Waals surface area contributed by atoms with Crippen LogP contribution in [0, 0.1) is 5.92 Å². The van der Waals surface area contributed by atoms with Crippen molar-refractivity contribution in [3.8, 4) is 0 Å². The van der Waals surface area contributed by atoms with Crippen molar-refractivity contribution >= 4 is 34.2 Å². The van der Waals surface area contributed by atoms with Crippen molar-refractivity contribution in [2.45, 2.75) is 90.4 Å². The van der Waals surface area contributed by atoms with Gasteiger partial charge in [0.1, 0.15) is 18.2 Å². The van der Waals surface area contributed by atoms with Gasteiger partial charge in [-0.3, -0.25) is 9.69 Å². The number of nitrogens with zero attached hydrogens (tertiary/aromatic N) is 4. The lowest BCUT2D eigenvalue weighted by atomic mass is 9.77. The Morgan fingerprint density at radius 2 is 2.03 bits per heavy atom. The molecule has 2 aromatic rings. The van der Waals surface area contributed by atoms with E-state index in [1.165, 1.54) is 25.7 Å². The van der Waals surface area contributed by atoms with Crippen LogP contribution < -0.4 is 5.32 Å². The van der Waals surface area contributed by atoms with Crippen LogP contribution in [0.5, 0.6) is 0 Å². The maximum absolute atomic E-state index is 13.5. The zero-order chi connectivity index (χ0) is 23.5. The summed E-state index contributed by atoms with van der Waals surface area (Å²) in [5, 5.41) is 4.91.